The maximum absolute atomic E-state index is 11.4. The zero-order valence-corrected chi connectivity index (χ0v) is 16.0. The fourth-order valence-electron chi connectivity index (χ4n) is 2.84. The van der Waals surface area contributed by atoms with E-state index in [0.29, 0.717) is 19.6 Å². The first-order valence-electron chi connectivity index (χ1n) is 8.87. The Kier molecular flexibility index (Phi) is 6.11. The standard InChI is InChI=1S/C20H30N2O3/c1-6-25-16-7-8-18-17(13-16)15(9-11-21(4)5)14-22(18)12-10-20(2,3)19(23)24/h7-8,13-14H,6,9-12H2,1-5H3,(H,23,24). The minimum Gasteiger partial charge on any atom is -0.494 e. The lowest BCUT2D eigenvalue weighted by Crippen LogP contribution is -2.25. The van der Waals surface area contributed by atoms with Gasteiger partial charge in [0, 0.05) is 30.2 Å². The first kappa shape index (κ1) is 19.3. The van der Waals surface area contributed by atoms with E-state index in [1.54, 1.807) is 13.8 Å². The molecular weight excluding hydrogens is 316 g/mol. The van der Waals surface area contributed by atoms with E-state index in [-0.39, 0.29) is 0 Å². The van der Waals surface area contributed by atoms with Gasteiger partial charge in [-0.25, -0.2) is 0 Å². The minimum atomic E-state index is -0.754. The molecule has 138 valence electrons. The molecule has 0 atom stereocenters. The van der Waals surface area contributed by atoms with Crippen molar-refractivity contribution < 1.29 is 14.6 Å². The van der Waals surface area contributed by atoms with Crippen LogP contribution in [0.2, 0.25) is 0 Å². The van der Waals surface area contributed by atoms with Gasteiger partial charge in [0.25, 0.3) is 0 Å². The Bertz CT molecular complexity index is 732. The summed E-state index contributed by atoms with van der Waals surface area (Å²) in [6, 6.07) is 6.16. The van der Waals surface area contributed by atoms with Crippen LogP contribution in [0.1, 0.15) is 32.8 Å². The summed E-state index contributed by atoms with van der Waals surface area (Å²) in [5.41, 5.74) is 1.68. The Morgan fingerprint density at radius 2 is 2.04 bits per heavy atom. The molecule has 0 aliphatic rings. The van der Waals surface area contributed by atoms with Crippen molar-refractivity contribution in [3.05, 3.63) is 30.0 Å². The van der Waals surface area contributed by atoms with Gasteiger partial charge in [-0.15, -0.1) is 0 Å². The van der Waals surface area contributed by atoms with Crippen LogP contribution >= 0.6 is 0 Å². The van der Waals surface area contributed by atoms with Crippen molar-refractivity contribution >= 4 is 16.9 Å². The van der Waals surface area contributed by atoms with E-state index in [0.717, 1.165) is 24.2 Å². The van der Waals surface area contributed by atoms with Crippen LogP contribution in [-0.4, -0.2) is 47.8 Å². The lowest BCUT2D eigenvalue weighted by atomic mass is 9.89. The Hall–Kier alpha value is -2.01. The van der Waals surface area contributed by atoms with Gasteiger partial charge in [-0.05, 0) is 71.5 Å². The number of nitrogens with zero attached hydrogens (tertiary/aromatic N) is 2. The van der Waals surface area contributed by atoms with E-state index in [1.807, 2.05) is 13.0 Å². The highest BCUT2D eigenvalue weighted by atomic mass is 16.5. The van der Waals surface area contributed by atoms with Gasteiger partial charge in [0.15, 0.2) is 0 Å². The van der Waals surface area contributed by atoms with Gasteiger partial charge in [-0.2, -0.15) is 0 Å². The second kappa shape index (κ2) is 7.91. The van der Waals surface area contributed by atoms with Crippen LogP contribution in [0.25, 0.3) is 10.9 Å². The highest BCUT2D eigenvalue weighted by Gasteiger charge is 2.27. The molecule has 0 fully saturated rings. The van der Waals surface area contributed by atoms with Crippen LogP contribution < -0.4 is 4.74 Å². The van der Waals surface area contributed by atoms with Crippen LogP contribution in [0.3, 0.4) is 0 Å². The number of benzene rings is 1. The number of hydrogen-bond donors (Lipinski definition) is 1. The number of aliphatic carboxylic acids is 1. The zero-order valence-electron chi connectivity index (χ0n) is 16.0. The number of aromatic nitrogens is 1. The lowest BCUT2D eigenvalue weighted by Gasteiger charge is -2.19. The molecule has 0 amide bonds. The quantitative estimate of drug-likeness (QED) is 0.753. The van der Waals surface area contributed by atoms with Gasteiger partial charge in [-0.1, -0.05) is 0 Å². The molecule has 25 heavy (non-hydrogen) atoms. The van der Waals surface area contributed by atoms with Crippen LogP contribution in [0.4, 0.5) is 0 Å². The normalized spacial score (nSPS) is 12.1. The summed E-state index contributed by atoms with van der Waals surface area (Å²) in [4.78, 5) is 13.5. The summed E-state index contributed by atoms with van der Waals surface area (Å²) in [6.07, 6.45) is 3.71. The van der Waals surface area contributed by atoms with E-state index in [2.05, 4.69) is 41.9 Å². The third-order valence-corrected chi connectivity index (χ3v) is 4.63. The van der Waals surface area contributed by atoms with Gasteiger partial charge in [0.2, 0.25) is 0 Å². The van der Waals surface area contributed by atoms with Crippen molar-refractivity contribution in [3.8, 4) is 5.75 Å². The average molecular weight is 346 g/mol. The summed E-state index contributed by atoms with van der Waals surface area (Å²) >= 11 is 0. The fraction of sp³-hybridized carbons (Fsp3) is 0.550. The predicted octanol–water partition coefficient (Wildman–Crippen LogP) is 3.65. The largest absolute Gasteiger partial charge is 0.494 e. The molecule has 0 saturated heterocycles. The lowest BCUT2D eigenvalue weighted by molar-refractivity contribution is -0.147. The topological polar surface area (TPSA) is 54.7 Å². The highest BCUT2D eigenvalue weighted by molar-refractivity contribution is 5.85. The smallest absolute Gasteiger partial charge is 0.309 e. The number of rotatable bonds is 9. The van der Waals surface area contributed by atoms with Crippen LogP contribution in [0.15, 0.2) is 24.4 Å². The number of likely N-dealkylation sites (N-methyl/N-ethyl adjacent to an activating group) is 1. The Morgan fingerprint density at radius 1 is 1.32 bits per heavy atom. The number of carboxylic acid groups (broad SMARTS) is 1. The van der Waals surface area contributed by atoms with Crippen molar-refractivity contribution in [2.45, 2.75) is 40.2 Å². The number of carbonyl (C=O) groups is 1. The summed E-state index contributed by atoms with van der Waals surface area (Å²) in [7, 11) is 4.14. The number of hydrogen-bond acceptors (Lipinski definition) is 3. The van der Waals surface area contributed by atoms with E-state index < -0.39 is 11.4 Å². The minimum absolute atomic E-state index is 0.590. The molecule has 1 N–H and O–H groups in total. The number of ether oxygens (including phenoxy) is 1. The van der Waals surface area contributed by atoms with Crippen molar-refractivity contribution in [1.29, 1.82) is 0 Å². The monoisotopic (exact) mass is 346 g/mol. The maximum atomic E-state index is 11.4. The molecule has 1 aromatic heterocycles. The first-order chi connectivity index (χ1) is 11.7. The molecule has 0 aliphatic heterocycles. The fourth-order valence-corrected chi connectivity index (χ4v) is 2.84. The number of carboxylic acids is 1. The van der Waals surface area contributed by atoms with Crippen LogP contribution in [0.5, 0.6) is 5.75 Å². The molecule has 0 bridgehead atoms. The van der Waals surface area contributed by atoms with Gasteiger partial charge >= 0.3 is 5.97 Å². The predicted molar refractivity (Wildman–Crippen MR) is 101 cm³/mol. The van der Waals surface area contributed by atoms with E-state index >= 15 is 0 Å². The second-order valence-electron chi connectivity index (χ2n) is 7.45. The summed E-state index contributed by atoms with van der Waals surface area (Å²) in [6.45, 7) is 7.84. The van der Waals surface area contributed by atoms with E-state index in [4.69, 9.17) is 4.74 Å². The molecule has 0 unspecified atom stereocenters. The number of fused-ring (bicyclic) bond motifs is 1. The Balaban J connectivity index is 2.34. The summed E-state index contributed by atoms with van der Waals surface area (Å²) < 4.78 is 7.83. The average Bonchev–Trinajstić information content (AvgIpc) is 2.88. The molecule has 1 aromatic carbocycles. The van der Waals surface area contributed by atoms with Crippen LogP contribution in [-0.2, 0) is 17.8 Å². The molecule has 0 aliphatic carbocycles. The van der Waals surface area contributed by atoms with Gasteiger partial charge < -0.3 is 19.3 Å². The van der Waals surface area contributed by atoms with Gasteiger partial charge in [0.05, 0.1) is 12.0 Å². The molecule has 2 aromatic rings. The van der Waals surface area contributed by atoms with Crippen LogP contribution in [0, 0.1) is 5.41 Å². The van der Waals surface area contributed by atoms with Crippen molar-refractivity contribution in [1.82, 2.24) is 9.47 Å². The highest BCUT2D eigenvalue weighted by Crippen LogP contribution is 2.29. The molecular formula is C20H30N2O3. The number of aryl methyl sites for hydroxylation is 1. The third kappa shape index (κ3) is 4.75. The molecule has 0 spiro atoms. The molecule has 2 rings (SSSR count). The zero-order chi connectivity index (χ0) is 18.6. The van der Waals surface area contributed by atoms with Gasteiger partial charge in [0.1, 0.15) is 5.75 Å². The van der Waals surface area contributed by atoms with Crippen molar-refractivity contribution in [3.63, 3.8) is 0 Å². The van der Waals surface area contributed by atoms with E-state index in [1.165, 1.54) is 10.9 Å². The second-order valence-corrected chi connectivity index (χ2v) is 7.45. The Morgan fingerprint density at radius 3 is 2.64 bits per heavy atom. The van der Waals surface area contributed by atoms with Gasteiger partial charge in [-0.3, -0.25) is 4.79 Å². The Labute approximate surface area is 150 Å². The third-order valence-electron chi connectivity index (χ3n) is 4.63. The summed E-state index contributed by atoms with van der Waals surface area (Å²) in [5.74, 6) is 0.125. The summed E-state index contributed by atoms with van der Waals surface area (Å²) in [5, 5.41) is 10.5. The SMILES string of the molecule is CCOc1ccc2c(c1)c(CCN(C)C)cn2CCC(C)(C)C(=O)O. The maximum Gasteiger partial charge on any atom is 0.309 e. The molecule has 0 saturated carbocycles. The van der Waals surface area contributed by atoms with Crippen molar-refractivity contribution in [2.24, 2.45) is 5.41 Å². The molecule has 1 heterocycles. The van der Waals surface area contributed by atoms with E-state index in [9.17, 15) is 9.90 Å². The molecule has 5 heteroatoms. The van der Waals surface area contributed by atoms with Crippen molar-refractivity contribution in [2.75, 3.05) is 27.2 Å². The first-order valence-corrected chi connectivity index (χ1v) is 8.87. The molecule has 5 nitrogen and oxygen atoms in total. The molecule has 0 radical (unpaired) electrons.